The van der Waals surface area contributed by atoms with Gasteiger partial charge in [0.25, 0.3) is 0 Å². The number of hydrogen-bond donors (Lipinski definition) is 3. The first-order valence-corrected chi connectivity index (χ1v) is 1.69. The number of aliphatic hydroxyl groups excluding tert-OH is 1. The second kappa shape index (κ2) is 8.23. The van der Waals surface area contributed by atoms with Crippen LogP contribution >= 0.6 is 0 Å². The van der Waals surface area contributed by atoms with Crippen molar-refractivity contribution in [2.45, 2.75) is 6.10 Å². The van der Waals surface area contributed by atoms with Crippen LogP contribution in [-0.4, -0.2) is 33.4 Å². The summed E-state index contributed by atoms with van der Waals surface area (Å²) in [4.78, 5) is 19.0. The van der Waals surface area contributed by atoms with Gasteiger partial charge in [0.1, 0.15) is 0 Å². The molecule has 0 radical (unpaired) electrons. The SMILES string of the molecule is O=C(O)C(O)C(=O)O.[H-].[H-].[K+].[Li+]. The summed E-state index contributed by atoms with van der Waals surface area (Å²) >= 11 is 0. The molecular formula is C3H6KLiO5. The largest absolute Gasteiger partial charge is 1.00 e. The van der Waals surface area contributed by atoms with Crippen LogP contribution < -0.4 is 70.2 Å². The fraction of sp³-hybridized carbons (Fsp3) is 0.333. The van der Waals surface area contributed by atoms with E-state index in [0.717, 1.165) is 0 Å². The van der Waals surface area contributed by atoms with E-state index in [-0.39, 0.29) is 73.1 Å². The van der Waals surface area contributed by atoms with Crippen molar-refractivity contribution in [2.24, 2.45) is 0 Å². The van der Waals surface area contributed by atoms with Crippen LogP contribution in [0.15, 0.2) is 0 Å². The number of carboxylic acids is 2. The van der Waals surface area contributed by atoms with Gasteiger partial charge in [0, 0.05) is 0 Å². The van der Waals surface area contributed by atoms with Gasteiger partial charge in [0.05, 0.1) is 0 Å². The summed E-state index contributed by atoms with van der Waals surface area (Å²) in [6, 6.07) is 0. The zero-order valence-electron chi connectivity index (χ0n) is 7.74. The zero-order valence-corrected chi connectivity index (χ0v) is 8.86. The monoisotopic (exact) mass is 168 g/mol. The molecule has 0 rings (SSSR count). The smallest absolute Gasteiger partial charge is 1.00 e. The Bertz CT molecular complexity index is 120. The first kappa shape index (κ1) is 17.3. The van der Waals surface area contributed by atoms with Crippen molar-refractivity contribution in [3.8, 4) is 0 Å². The fourth-order valence-electron chi connectivity index (χ4n) is 0.106. The molecule has 0 aliphatic carbocycles. The molecule has 5 nitrogen and oxygen atoms in total. The van der Waals surface area contributed by atoms with Crippen LogP contribution in [0.1, 0.15) is 2.85 Å². The summed E-state index contributed by atoms with van der Waals surface area (Å²) in [6.45, 7) is 0. The number of hydrogen-bond acceptors (Lipinski definition) is 3. The Hall–Kier alpha value is 1.13. The molecule has 0 aliphatic rings. The Labute approximate surface area is 114 Å². The zero-order chi connectivity index (χ0) is 6.73. The molecule has 7 heteroatoms. The van der Waals surface area contributed by atoms with E-state index in [1.165, 1.54) is 0 Å². The molecule has 0 aliphatic heterocycles. The first-order chi connectivity index (χ1) is 3.55. The average Bonchev–Trinajstić information content (AvgIpc) is 1.64. The maximum atomic E-state index is 9.51. The molecule has 0 bridgehead atoms. The Kier molecular flexibility index (Phi) is 14.2. The predicted octanol–water partition coefficient (Wildman–Crippen LogP) is -7.25. The van der Waals surface area contributed by atoms with E-state index in [1.807, 2.05) is 0 Å². The van der Waals surface area contributed by atoms with Gasteiger partial charge in [-0.2, -0.15) is 0 Å². The number of aliphatic hydroxyl groups is 1. The minimum absolute atomic E-state index is 0. The van der Waals surface area contributed by atoms with Crippen LogP contribution in [-0.2, 0) is 9.59 Å². The van der Waals surface area contributed by atoms with Gasteiger partial charge in [0.15, 0.2) is 0 Å². The van der Waals surface area contributed by atoms with E-state index < -0.39 is 18.0 Å². The molecule has 0 spiro atoms. The van der Waals surface area contributed by atoms with E-state index in [4.69, 9.17) is 15.3 Å². The second-order valence-electron chi connectivity index (χ2n) is 1.08. The van der Waals surface area contributed by atoms with Gasteiger partial charge in [-0.25, -0.2) is 9.59 Å². The molecule has 0 aromatic carbocycles. The van der Waals surface area contributed by atoms with Gasteiger partial charge in [-0.3, -0.25) is 0 Å². The van der Waals surface area contributed by atoms with Crippen molar-refractivity contribution in [3.63, 3.8) is 0 Å². The Morgan fingerprint density at radius 1 is 1.20 bits per heavy atom. The number of aliphatic carboxylic acids is 2. The minimum Gasteiger partial charge on any atom is -1.00 e. The van der Waals surface area contributed by atoms with Crippen molar-refractivity contribution >= 4 is 11.9 Å². The maximum absolute atomic E-state index is 9.51. The van der Waals surface area contributed by atoms with E-state index in [1.54, 1.807) is 0 Å². The third-order valence-corrected chi connectivity index (χ3v) is 0.468. The van der Waals surface area contributed by atoms with Gasteiger partial charge in [-0.1, -0.05) is 0 Å². The number of rotatable bonds is 2. The predicted molar refractivity (Wildman–Crippen MR) is 23.5 cm³/mol. The van der Waals surface area contributed by atoms with Gasteiger partial charge < -0.3 is 18.2 Å². The van der Waals surface area contributed by atoms with E-state index >= 15 is 0 Å². The summed E-state index contributed by atoms with van der Waals surface area (Å²) in [6.07, 6.45) is -2.30. The molecule has 10 heavy (non-hydrogen) atoms. The van der Waals surface area contributed by atoms with Gasteiger partial charge in [0.2, 0.25) is 6.10 Å². The first-order valence-electron chi connectivity index (χ1n) is 1.69. The standard InChI is InChI=1S/C3H4O5.K.Li.2H/c4-1(2(5)6)3(7)8;;;;/h1,4H,(H,5,6)(H,7,8);;;;/q;2*+1;2*-1. The van der Waals surface area contributed by atoms with Crippen LogP contribution in [0.5, 0.6) is 0 Å². The molecule has 3 N–H and O–H groups in total. The number of carbonyl (C=O) groups is 2. The molecule has 0 unspecified atom stereocenters. The van der Waals surface area contributed by atoms with Gasteiger partial charge >= 0.3 is 82.2 Å². The van der Waals surface area contributed by atoms with Crippen molar-refractivity contribution < 1.29 is 98.0 Å². The van der Waals surface area contributed by atoms with Crippen LogP contribution in [0.2, 0.25) is 0 Å². The molecule has 0 saturated carbocycles. The molecule has 0 atom stereocenters. The normalized spacial score (nSPS) is 7.40. The summed E-state index contributed by atoms with van der Waals surface area (Å²) in [5, 5.41) is 23.4. The third-order valence-electron chi connectivity index (χ3n) is 0.468. The van der Waals surface area contributed by atoms with Gasteiger partial charge in [-0.15, -0.1) is 0 Å². The fourth-order valence-corrected chi connectivity index (χ4v) is 0.106. The van der Waals surface area contributed by atoms with Crippen molar-refractivity contribution in [3.05, 3.63) is 0 Å². The molecule has 50 valence electrons. The molecule has 0 amide bonds. The third kappa shape index (κ3) is 7.24. The summed E-state index contributed by atoms with van der Waals surface area (Å²) in [5.74, 6) is -3.50. The molecule has 0 aromatic heterocycles. The van der Waals surface area contributed by atoms with E-state index in [0.29, 0.717) is 0 Å². The summed E-state index contributed by atoms with van der Waals surface area (Å²) < 4.78 is 0. The number of carboxylic acid groups (broad SMARTS) is 2. The molecule has 0 saturated heterocycles. The minimum atomic E-state index is -2.30. The van der Waals surface area contributed by atoms with Crippen LogP contribution in [0.3, 0.4) is 0 Å². The van der Waals surface area contributed by atoms with Crippen LogP contribution in [0, 0.1) is 0 Å². The molecule has 0 aromatic rings. The Morgan fingerprint density at radius 2 is 1.40 bits per heavy atom. The van der Waals surface area contributed by atoms with Crippen molar-refractivity contribution in [1.29, 1.82) is 0 Å². The van der Waals surface area contributed by atoms with Gasteiger partial charge in [-0.05, 0) is 0 Å². The average molecular weight is 168 g/mol. The van der Waals surface area contributed by atoms with Crippen LogP contribution in [0.4, 0.5) is 0 Å². The molecular weight excluding hydrogens is 162 g/mol. The maximum Gasteiger partial charge on any atom is 1.00 e. The van der Waals surface area contributed by atoms with E-state index in [2.05, 4.69) is 0 Å². The van der Waals surface area contributed by atoms with Crippen molar-refractivity contribution in [1.82, 2.24) is 0 Å². The Morgan fingerprint density at radius 3 is 1.40 bits per heavy atom. The quantitative estimate of drug-likeness (QED) is 0.281. The molecule has 0 heterocycles. The van der Waals surface area contributed by atoms with Crippen molar-refractivity contribution in [2.75, 3.05) is 0 Å². The van der Waals surface area contributed by atoms with Crippen LogP contribution in [0.25, 0.3) is 0 Å². The summed E-state index contributed by atoms with van der Waals surface area (Å²) in [5.41, 5.74) is 0. The van der Waals surface area contributed by atoms with E-state index in [9.17, 15) is 9.59 Å². The molecule has 0 fully saturated rings. The summed E-state index contributed by atoms with van der Waals surface area (Å²) in [7, 11) is 0. The second-order valence-corrected chi connectivity index (χ2v) is 1.08. The Balaban J connectivity index is -0.0000000408. The topological polar surface area (TPSA) is 94.8 Å².